The van der Waals surface area contributed by atoms with Crippen LogP contribution in [-0.4, -0.2) is 43.5 Å². The third-order valence-corrected chi connectivity index (χ3v) is 5.08. The van der Waals surface area contributed by atoms with Gasteiger partial charge in [0.25, 0.3) is 0 Å². The maximum Gasteiger partial charge on any atom is 0.246 e. The molecule has 1 fully saturated rings. The lowest BCUT2D eigenvalue weighted by atomic mass is 10.3. The summed E-state index contributed by atoms with van der Waals surface area (Å²) in [4.78, 5) is 3.84. The van der Waals surface area contributed by atoms with Gasteiger partial charge >= 0.3 is 0 Å². The molecule has 1 saturated heterocycles. The zero-order valence-electron chi connectivity index (χ0n) is 9.34. The van der Waals surface area contributed by atoms with Gasteiger partial charge in [0, 0.05) is 18.8 Å². The van der Waals surface area contributed by atoms with Crippen LogP contribution < -0.4 is 0 Å². The molecule has 2 heterocycles. The summed E-state index contributed by atoms with van der Waals surface area (Å²) in [5, 5.41) is 0.00573. The first-order valence-electron chi connectivity index (χ1n) is 5.23. The second-order valence-electron chi connectivity index (χ2n) is 3.83. The molecule has 1 aromatic heterocycles. The summed E-state index contributed by atoms with van der Waals surface area (Å²) in [7, 11) is -3.58. The van der Waals surface area contributed by atoms with Gasteiger partial charge in [-0.2, -0.15) is 4.31 Å². The highest BCUT2D eigenvalue weighted by Gasteiger charge is 2.33. The molecule has 0 radical (unpaired) electrons. The van der Waals surface area contributed by atoms with Gasteiger partial charge < -0.3 is 4.74 Å². The fourth-order valence-corrected chi connectivity index (χ4v) is 3.79. The standard InChI is InChI=1S/C10H13ClN2O3S/c1-8-7-16-6-5-13(8)17(14,15)9-3-2-4-12-10(9)11/h2-4,8H,5-7H2,1H3. The minimum absolute atomic E-state index is 0.00573. The van der Waals surface area contributed by atoms with Crippen molar-refractivity contribution >= 4 is 21.6 Å². The molecule has 5 nitrogen and oxygen atoms in total. The molecule has 2 rings (SSSR count). The molecule has 0 N–H and O–H groups in total. The smallest absolute Gasteiger partial charge is 0.246 e. The van der Waals surface area contributed by atoms with E-state index in [4.69, 9.17) is 16.3 Å². The Balaban J connectivity index is 2.39. The van der Waals surface area contributed by atoms with Gasteiger partial charge in [0.2, 0.25) is 10.0 Å². The summed E-state index contributed by atoms with van der Waals surface area (Å²) in [5.41, 5.74) is 0. The van der Waals surface area contributed by atoms with Crippen LogP contribution in [0.25, 0.3) is 0 Å². The van der Waals surface area contributed by atoms with Crippen LogP contribution in [0, 0.1) is 0 Å². The SMILES string of the molecule is CC1COCCN1S(=O)(=O)c1cccnc1Cl. The number of sulfonamides is 1. The monoisotopic (exact) mass is 276 g/mol. The van der Waals surface area contributed by atoms with Crippen LogP contribution >= 0.6 is 11.6 Å². The van der Waals surface area contributed by atoms with E-state index in [1.54, 1.807) is 13.0 Å². The topological polar surface area (TPSA) is 59.5 Å². The number of morpholine rings is 1. The number of ether oxygens (including phenoxy) is 1. The van der Waals surface area contributed by atoms with Crippen molar-refractivity contribution in [3.05, 3.63) is 23.5 Å². The highest BCUT2D eigenvalue weighted by Crippen LogP contribution is 2.24. The number of hydrogen-bond donors (Lipinski definition) is 0. The Morgan fingerprint density at radius 1 is 1.59 bits per heavy atom. The molecule has 94 valence electrons. The van der Waals surface area contributed by atoms with Gasteiger partial charge in [0.1, 0.15) is 10.0 Å². The molecule has 0 saturated carbocycles. The fourth-order valence-electron chi connectivity index (χ4n) is 1.76. The summed E-state index contributed by atoms with van der Waals surface area (Å²) in [6.07, 6.45) is 1.46. The number of rotatable bonds is 2. The van der Waals surface area contributed by atoms with Gasteiger partial charge in [-0.3, -0.25) is 0 Å². The van der Waals surface area contributed by atoms with Gasteiger partial charge in [-0.15, -0.1) is 0 Å². The summed E-state index contributed by atoms with van der Waals surface area (Å²) < 4.78 is 31.3. The highest BCUT2D eigenvalue weighted by atomic mass is 35.5. The van der Waals surface area contributed by atoms with E-state index >= 15 is 0 Å². The highest BCUT2D eigenvalue weighted by molar-refractivity contribution is 7.89. The van der Waals surface area contributed by atoms with E-state index in [0.717, 1.165) is 0 Å². The molecular weight excluding hydrogens is 264 g/mol. The van der Waals surface area contributed by atoms with Gasteiger partial charge in [0.05, 0.1) is 13.2 Å². The van der Waals surface area contributed by atoms with Crippen LogP contribution in [0.2, 0.25) is 5.15 Å². The van der Waals surface area contributed by atoms with Crippen molar-refractivity contribution in [2.24, 2.45) is 0 Å². The Kier molecular flexibility index (Phi) is 3.67. The van der Waals surface area contributed by atoms with Crippen LogP contribution in [0.3, 0.4) is 0 Å². The molecule has 17 heavy (non-hydrogen) atoms. The Bertz CT molecular complexity index is 506. The van der Waals surface area contributed by atoms with Crippen molar-refractivity contribution in [2.75, 3.05) is 19.8 Å². The minimum atomic E-state index is -3.58. The molecule has 0 bridgehead atoms. The molecule has 0 aliphatic carbocycles. The van der Waals surface area contributed by atoms with Gasteiger partial charge in [-0.05, 0) is 19.1 Å². The molecule has 0 amide bonds. The lowest BCUT2D eigenvalue weighted by molar-refractivity contribution is 0.0392. The van der Waals surface area contributed by atoms with Crippen molar-refractivity contribution in [1.82, 2.24) is 9.29 Å². The molecule has 7 heteroatoms. The number of pyridine rings is 1. The third kappa shape index (κ3) is 2.44. The Labute approximate surface area is 105 Å². The largest absolute Gasteiger partial charge is 0.378 e. The van der Waals surface area contributed by atoms with E-state index in [-0.39, 0.29) is 16.1 Å². The number of hydrogen-bond acceptors (Lipinski definition) is 4. The zero-order chi connectivity index (χ0) is 12.5. The number of nitrogens with zero attached hydrogens (tertiary/aromatic N) is 2. The Hall–Kier alpha value is -0.690. The van der Waals surface area contributed by atoms with Crippen molar-refractivity contribution in [3.63, 3.8) is 0 Å². The van der Waals surface area contributed by atoms with Crippen molar-refractivity contribution in [3.8, 4) is 0 Å². The van der Waals surface area contributed by atoms with Gasteiger partial charge in [0.15, 0.2) is 0 Å². The predicted octanol–water partition coefficient (Wildman–Crippen LogP) is 1.14. The van der Waals surface area contributed by atoms with E-state index in [1.807, 2.05) is 0 Å². The van der Waals surface area contributed by atoms with Gasteiger partial charge in [-0.1, -0.05) is 11.6 Å². The predicted molar refractivity (Wildman–Crippen MR) is 63.4 cm³/mol. The number of aromatic nitrogens is 1. The minimum Gasteiger partial charge on any atom is -0.378 e. The van der Waals surface area contributed by atoms with Crippen molar-refractivity contribution < 1.29 is 13.2 Å². The molecule has 0 spiro atoms. The van der Waals surface area contributed by atoms with Crippen LogP contribution in [-0.2, 0) is 14.8 Å². The first-order chi connectivity index (χ1) is 8.03. The third-order valence-electron chi connectivity index (χ3n) is 2.62. The van der Waals surface area contributed by atoms with E-state index < -0.39 is 10.0 Å². The summed E-state index contributed by atoms with van der Waals surface area (Å²) in [5.74, 6) is 0. The maximum atomic E-state index is 12.4. The quantitative estimate of drug-likeness (QED) is 0.760. The van der Waals surface area contributed by atoms with E-state index in [9.17, 15) is 8.42 Å². The molecule has 1 unspecified atom stereocenters. The Morgan fingerprint density at radius 2 is 2.35 bits per heavy atom. The van der Waals surface area contributed by atoms with E-state index in [2.05, 4.69) is 4.98 Å². The van der Waals surface area contributed by atoms with Crippen LogP contribution in [0.1, 0.15) is 6.92 Å². The van der Waals surface area contributed by atoms with Crippen LogP contribution in [0.15, 0.2) is 23.2 Å². The first-order valence-corrected chi connectivity index (χ1v) is 7.05. The molecule has 1 aliphatic rings. The van der Waals surface area contributed by atoms with E-state index in [0.29, 0.717) is 19.8 Å². The molecular formula is C10H13ClN2O3S. The molecule has 1 aromatic rings. The fraction of sp³-hybridized carbons (Fsp3) is 0.500. The maximum absolute atomic E-state index is 12.4. The molecule has 1 aliphatic heterocycles. The van der Waals surface area contributed by atoms with Crippen LogP contribution in [0.4, 0.5) is 0 Å². The lowest BCUT2D eigenvalue weighted by Gasteiger charge is -2.32. The van der Waals surface area contributed by atoms with Gasteiger partial charge in [-0.25, -0.2) is 13.4 Å². The summed E-state index contributed by atoms with van der Waals surface area (Å²) in [6, 6.07) is 2.83. The second kappa shape index (κ2) is 4.89. The molecule has 1 atom stereocenters. The second-order valence-corrected chi connectivity index (χ2v) is 6.05. The van der Waals surface area contributed by atoms with Crippen molar-refractivity contribution in [1.29, 1.82) is 0 Å². The van der Waals surface area contributed by atoms with E-state index in [1.165, 1.54) is 16.6 Å². The Morgan fingerprint density at radius 3 is 3.00 bits per heavy atom. The van der Waals surface area contributed by atoms with Crippen LogP contribution in [0.5, 0.6) is 0 Å². The zero-order valence-corrected chi connectivity index (χ0v) is 10.9. The van der Waals surface area contributed by atoms with Crippen molar-refractivity contribution in [2.45, 2.75) is 17.9 Å². The lowest BCUT2D eigenvalue weighted by Crippen LogP contribution is -2.47. The summed E-state index contributed by atoms with van der Waals surface area (Å²) >= 11 is 5.83. The normalized spacial score (nSPS) is 22.6. The number of halogens is 1. The summed E-state index contributed by atoms with van der Waals surface area (Å²) in [6.45, 7) is 2.95. The molecule has 0 aromatic carbocycles. The average Bonchev–Trinajstić information content (AvgIpc) is 2.29. The first kappa shape index (κ1) is 12.8. The average molecular weight is 277 g/mol.